The summed E-state index contributed by atoms with van der Waals surface area (Å²) in [6, 6.07) is 23.4. The Labute approximate surface area is 364 Å². The molecule has 0 bridgehead atoms. The van der Waals surface area contributed by atoms with Crippen LogP contribution in [0.25, 0.3) is 0 Å². The lowest BCUT2D eigenvalue weighted by molar-refractivity contribution is -0.121. The SMILES string of the molecule is CNCCCCNC(=O)c1ccc(C(=O)NCCCOCCOCCOCCCNC(=O)CCCC[C@@H]2SC[C@@H]3NC(=O)N[C@@H]32)cc1P(=O)(c1ccccc1)c1ccccc1. The molecule has 16 heteroatoms. The highest BCUT2D eigenvalue weighted by Crippen LogP contribution is 2.43. The van der Waals surface area contributed by atoms with E-state index in [1.165, 1.54) is 0 Å². The molecule has 0 radical (unpaired) electrons. The van der Waals surface area contributed by atoms with Gasteiger partial charge in [0.1, 0.15) is 0 Å². The monoisotopic (exact) mass is 878 g/mol. The molecule has 2 saturated heterocycles. The van der Waals surface area contributed by atoms with Gasteiger partial charge >= 0.3 is 6.03 Å². The summed E-state index contributed by atoms with van der Waals surface area (Å²) < 4.78 is 32.3. The topological polar surface area (TPSA) is 185 Å². The van der Waals surface area contributed by atoms with E-state index in [1.807, 2.05) is 55.2 Å². The number of benzene rings is 3. The van der Waals surface area contributed by atoms with Crippen LogP contribution in [0, 0.1) is 0 Å². The van der Waals surface area contributed by atoms with Gasteiger partial charge in [-0.25, -0.2) is 4.79 Å². The van der Waals surface area contributed by atoms with Crippen LogP contribution in [0.5, 0.6) is 0 Å². The Morgan fingerprint density at radius 2 is 1.28 bits per heavy atom. The van der Waals surface area contributed by atoms with Crippen LogP contribution >= 0.6 is 18.9 Å². The molecule has 0 saturated carbocycles. The predicted octanol–water partition coefficient (Wildman–Crippen LogP) is 3.46. The molecule has 0 unspecified atom stereocenters. The van der Waals surface area contributed by atoms with Crippen molar-refractivity contribution in [2.75, 3.05) is 78.6 Å². The molecule has 0 spiro atoms. The predicted molar refractivity (Wildman–Crippen MR) is 242 cm³/mol. The molecule has 3 aromatic carbocycles. The number of amides is 5. The van der Waals surface area contributed by atoms with Crippen molar-refractivity contribution in [2.24, 2.45) is 0 Å². The van der Waals surface area contributed by atoms with Gasteiger partial charge in [0, 0.05) is 71.7 Å². The quantitative estimate of drug-likeness (QED) is 0.0343. The molecule has 2 heterocycles. The maximum absolute atomic E-state index is 15.4. The third kappa shape index (κ3) is 15.0. The van der Waals surface area contributed by atoms with Crippen molar-refractivity contribution < 1.29 is 38.0 Å². The molecule has 3 aromatic rings. The van der Waals surface area contributed by atoms with Crippen LogP contribution in [0.3, 0.4) is 0 Å². The van der Waals surface area contributed by atoms with E-state index in [9.17, 15) is 19.2 Å². The van der Waals surface area contributed by atoms with E-state index in [4.69, 9.17) is 14.2 Å². The van der Waals surface area contributed by atoms with Gasteiger partial charge in [-0.2, -0.15) is 11.8 Å². The Bertz CT molecular complexity index is 1830. The fraction of sp³-hybridized carbons (Fsp3) is 0.511. The first kappa shape index (κ1) is 47.8. The second kappa shape index (κ2) is 26.3. The molecular weight excluding hydrogens is 816 g/mol. The van der Waals surface area contributed by atoms with Gasteiger partial charge in [-0.15, -0.1) is 0 Å². The van der Waals surface area contributed by atoms with Crippen molar-refractivity contribution in [3.8, 4) is 0 Å². The zero-order valence-electron chi connectivity index (χ0n) is 35.3. The minimum atomic E-state index is -3.57. The van der Waals surface area contributed by atoms with E-state index < -0.39 is 7.14 Å². The second-order valence-electron chi connectivity index (χ2n) is 15.1. The molecule has 0 aromatic heterocycles. The standard InChI is InChI=1S/C45H63N6O8PS/c1-46-22-10-11-23-49-44(54)37-21-20-34(32-39(37)60(56,35-14-4-2-5-15-35)36-16-6-3-7-17-36)43(53)48-25-13-27-58-29-31-59-30-28-57-26-12-24-47-41(52)19-9-8-18-40-42-38(33-61-40)50-45(55)51-42/h2-7,14-17,20-21,32,38,40,42,46H,8-13,18-19,22-31,33H2,1H3,(H,47,52)(H,48,53)(H,49,54)(H2,50,51,55)/t38-,40-,42-/m0/s1. The number of carbonyl (C=O) groups is 4. The zero-order chi connectivity index (χ0) is 43.1. The van der Waals surface area contributed by atoms with Crippen LogP contribution in [-0.4, -0.2) is 120 Å². The summed E-state index contributed by atoms with van der Waals surface area (Å²) in [6.07, 6.45) is 6.32. The van der Waals surface area contributed by atoms with Crippen molar-refractivity contribution in [2.45, 2.75) is 68.7 Å². The molecule has 5 rings (SSSR count). The van der Waals surface area contributed by atoms with Crippen molar-refractivity contribution in [3.63, 3.8) is 0 Å². The average molecular weight is 879 g/mol. The van der Waals surface area contributed by atoms with Crippen LogP contribution in [0.4, 0.5) is 4.79 Å². The number of nitrogens with one attached hydrogen (secondary N) is 6. The Balaban J connectivity index is 0.945. The summed E-state index contributed by atoms with van der Waals surface area (Å²) in [5.41, 5.74) is 0.591. The summed E-state index contributed by atoms with van der Waals surface area (Å²) >= 11 is 1.90. The van der Waals surface area contributed by atoms with Crippen LogP contribution in [0.15, 0.2) is 78.9 Å². The highest BCUT2D eigenvalue weighted by molar-refractivity contribution is 8.00. The van der Waals surface area contributed by atoms with Crippen LogP contribution in [0.1, 0.15) is 72.1 Å². The average Bonchev–Trinajstić information content (AvgIpc) is 3.85. The van der Waals surface area contributed by atoms with E-state index in [0.717, 1.165) is 50.8 Å². The lowest BCUT2D eigenvalue weighted by Crippen LogP contribution is -2.36. The molecule has 332 valence electrons. The minimum Gasteiger partial charge on any atom is -0.379 e. The maximum Gasteiger partial charge on any atom is 0.315 e. The van der Waals surface area contributed by atoms with Crippen molar-refractivity contribution in [3.05, 3.63) is 90.0 Å². The van der Waals surface area contributed by atoms with Gasteiger partial charge in [0.15, 0.2) is 7.14 Å². The summed E-state index contributed by atoms with van der Waals surface area (Å²) in [4.78, 5) is 50.7. The fourth-order valence-corrected chi connectivity index (χ4v) is 11.8. The van der Waals surface area contributed by atoms with Gasteiger partial charge in [0.05, 0.1) is 44.1 Å². The van der Waals surface area contributed by atoms with E-state index in [-0.39, 0.29) is 41.4 Å². The Morgan fingerprint density at radius 3 is 1.93 bits per heavy atom. The maximum atomic E-state index is 15.4. The second-order valence-corrected chi connectivity index (χ2v) is 19.1. The lowest BCUT2D eigenvalue weighted by Gasteiger charge is -2.23. The zero-order valence-corrected chi connectivity index (χ0v) is 37.0. The first-order valence-corrected chi connectivity index (χ1v) is 24.3. The van der Waals surface area contributed by atoms with Gasteiger partial charge in [0.2, 0.25) is 5.91 Å². The minimum absolute atomic E-state index is 0.0576. The number of urea groups is 1. The molecule has 14 nitrogen and oxygen atoms in total. The van der Waals surface area contributed by atoms with E-state index in [0.29, 0.717) is 98.8 Å². The van der Waals surface area contributed by atoms with E-state index in [2.05, 4.69) is 31.9 Å². The molecule has 61 heavy (non-hydrogen) atoms. The Hall–Kier alpha value is -4.24. The summed E-state index contributed by atoms with van der Waals surface area (Å²) in [7, 11) is -1.68. The van der Waals surface area contributed by atoms with Crippen LogP contribution < -0.4 is 47.8 Å². The number of unbranched alkanes of at least 4 members (excludes halogenated alkanes) is 2. The van der Waals surface area contributed by atoms with Gasteiger partial charge in [-0.05, 0) is 70.3 Å². The number of rotatable bonds is 29. The largest absolute Gasteiger partial charge is 0.379 e. The fourth-order valence-electron chi connectivity index (χ4n) is 7.34. The summed E-state index contributed by atoms with van der Waals surface area (Å²) in [5.74, 6) is 0.343. The Morgan fingerprint density at radius 1 is 0.689 bits per heavy atom. The van der Waals surface area contributed by atoms with Crippen molar-refractivity contribution in [1.29, 1.82) is 0 Å². The van der Waals surface area contributed by atoms with Crippen molar-refractivity contribution in [1.82, 2.24) is 31.9 Å². The molecule has 2 fully saturated rings. The van der Waals surface area contributed by atoms with Gasteiger partial charge in [0.25, 0.3) is 11.8 Å². The number of hydrogen-bond acceptors (Lipinski definition) is 10. The highest BCUT2D eigenvalue weighted by atomic mass is 32.2. The van der Waals surface area contributed by atoms with Gasteiger partial charge in [-0.1, -0.05) is 67.1 Å². The summed E-state index contributed by atoms with van der Waals surface area (Å²) in [6.45, 7) is 4.94. The van der Waals surface area contributed by atoms with Gasteiger partial charge in [-0.3, -0.25) is 14.4 Å². The first-order valence-electron chi connectivity index (χ1n) is 21.6. The molecular formula is C45H63N6O8PS. The first-order chi connectivity index (χ1) is 29.8. The normalized spacial score (nSPS) is 17.0. The molecule has 0 aliphatic carbocycles. The third-order valence-corrected chi connectivity index (χ3v) is 15.2. The molecule has 2 aliphatic heterocycles. The third-order valence-electron chi connectivity index (χ3n) is 10.6. The van der Waals surface area contributed by atoms with Crippen molar-refractivity contribution >= 4 is 58.6 Å². The molecule has 2 aliphatic rings. The van der Waals surface area contributed by atoms with E-state index >= 15 is 4.57 Å². The van der Waals surface area contributed by atoms with E-state index in [1.54, 1.807) is 42.5 Å². The Kier molecular flexibility index (Phi) is 20.6. The molecule has 5 amide bonds. The number of fused-ring (bicyclic) bond motifs is 1. The number of ether oxygens (including phenoxy) is 3. The number of thioether (sulfide) groups is 1. The number of hydrogen-bond donors (Lipinski definition) is 6. The lowest BCUT2D eigenvalue weighted by atomic mass is 10.0. The molecule has 6 N–H and O–H groups in total. The highest BCUT2D eigenvalue weighted by Gasteiger charge is 2.42. The molecule has 3 atom stereocenters. The smallest absolute Gasteiger partial charge is 0.315 e. The summed E-state index contributed by atoms with van der Waals surface area (Å²) in [5, 5.41) is 19.8. The van der Waals surface area contributed by atoms with Gasteiger partial charge < -0.3 is 50.7 Å². The van der Waals surface area contributed by atoms with Crippen LogP contribution in [-0.2, 0) is 23.6 Å². The van der Waals surface area contributed by atoms with Crippen LogP contribution in [0.2, 0.25) is 0 Å². The number of carbonyl (C=O) groups excluding carboxylic acids is 4.